The van der Waals surface area contributed by atoms with Gasteiger partial charge in [-0.25, -0.2) is 4.98 Å². The molecule has 0 aromatic carbocycles. The second kappa shape index (κ2) is 5.63. The minimum Gasteiger partial charge on any atom is -0.491 e. The fourth-order valence-electron chi connectivity index (χ4n) is 1.81. The van der Waals surface area contributed by atoms with E-state index in [9.17, 15) is 4.79 Å². The average molecular weight is 236 g/mol. The summed E-state index contributed by atoms with van der Waals surface area (Å²) < 4.78 is 10.9. The fraction of sp³-hybridized carbons (Fsp3) is 0.500. The molecule has 2 N–H and O–H groups in total. The van der Waals surface area contributed by atoms with Crippen LogP contribution in [0.2, 0.25) is 0 Å². The van der Waals surface area contributed by atoms with Gasteiger partial charge < -0.3 is 15.2 Å². The molecule has 92 valence electrons. The summed E-state index contributed by atoms with van der Waals surface area (Å²) in [6.07, 6.45) is 3.51. The van der Waals surface area contributed by atoms with Crippen LogP contribution in [-0.2, 0) is 4.74 Å². The first kappa shape index (κ1) is 11.9. The van der Waals surface area contributed by atoms with Gasteiger partial charge in [0.05, 0.1) is 6.61 Å². The van der Waals surface area contributed by atoms with Crippen molar-refractivity contribution in [3.8, 4) is 5.75 Å². The van der Waals surface area contributed by atoms with Gasteiger partial charge in [-0.1, -0.05) is 0 Å². The zero-order valence-corrected chi connectivity index (χ0v) is 9.59. The molecule has 1 aliphatic rings. The lowest BCUT2D eigenvalue weighted by atomic mass is 10.0. The van der Waals surface area contributed by atoms with Gasteiger partial charge in [-0.3, -0.25) is 4.79 Å². The Morgan fingerprint density at radius 3 is 3.00 bits per heavy atom. The van der Waals surface area contributed by atoms with Crippen molar-refractivity contribution in [2.75, 3.05) is 19.8 Å². The summed E-state index contributed by atoms with van der Waals surface area (Å²) in [4.78, 5) is 15.1. The number of carbonyl (C=O) groups is 1. The van der Waals surface area contributed by atoms with Crippen molar-refractivity contribution in [3.05, 3.63) is 24.0 Å². The third-order valence-corrected chi connectivity index (χ3v) is 2.82. The summed E-state index contributed by atoms with van der Waals surface area (Å²) in [6.45, 7) is 2.14. The van der Waals surface area contributed by atoms with Crippen LogP contribution in [-0.4, -0.2) is 30.7 Å². The quantitative estimate of drug-likeness (QED) is 0.845. The molecule has 1 saturated heterocycles. The first-order chi connectivity index (χ1) is 8.27. The standard InChI is InChI=1S/C12H16N2O3/c13-12(15)11-10(2-1-5-14-11)17-8-9-3-6-16-7-4-9/h1-2,5,9H,3-4,6-8H2,(H2,13,15). The minimum atomic E-state index is -0.562. The molecule has 17 heavy (non-hydrogen) atoms. The van der Waals surface area contributed by atoms with E-state index in [4.69, 9.17) is 15.2 Å². The Kier molecular flexibility index (Phi) is 3.93. The molecule has 5 nitrogen and oxygen atoms in total. The van der Waals surface area contributed by atoms with Crippen LogP contribution in [0, 0.1) is 5.92 Å². The molecule has 1 aliphatic heterocycles. The highest BCUT2D eigenvalue weighted by Gasteiger charge is 2.16. The van der Waals surface area contributed by atoms with Crippen LogP contribution in [0.1, 0.15) is 23.3 Å². The molecule has 0 atom stereocenters. The van der Waals surface area contributed by atoms with E-state index in [1.807, 2.05) is 0 Å². The monoisotopic (exact) mass is 236 g/mol. The third-order valence-electron chi connectivity index (χ3n) is 2.82. The lowest BCUT2D eigenvalue weighted by Crippen LogP contribution is -2.22. The number of hydrogen-bond donors (Lipinski definition) is 1. The Balaban J connectivity index is 1.96. The van der Waals surface area contributed by atoms with E-state index < -0.39 is 5.91 Å². The van der Waals surface area contributed by atoms with Gasteiger partial charge >= 0.3 is 0 Å². The van der Waals surface area contributed by atoms with Crippen molar-refractivity contribution in [2.45, 2.75) is 12.8 Å². The number of hydrogen-bond acceptors (Lipinski definition) is 4. The Labute approximate surface area is 99.9 Å². The van der Waals surface area contributed by atoms with Crippen LogP contribution in [0.3, 0.4) is 0 Å². The highest BCUT2D eigenvalue weighted by Crippen LogP contribution is 2.19. The molecular formula is C12H16N2O3. The van der Waals surface area contributed by atoms with E-state index in [2.05, 4.69) is 4.98 Å². The lowest BCUT2D eigenvalue weighted by Gasteiger charge is -2.22. The van der Waals surface area contributed by atoms with Crippen molar-refractivity contribution in [1.29, 1.82) is 0 Å². The van der Waals surface area contributed by atoms with E-state index in [0.29, 0.717) is 18.3 Å². The van der Waals surface area contributed by atoms with Crippen LogP contribution in [0.4, 0.5) is 0 Å². The summed E-state index contributed by atoms with van der Waals surface area (Å²) >= 11 is 0. The summed E-state index contributed by atoms with van der Waals surface area (Å²) in [7, 11) is 0. The zero-order valence-electron chi connectivity index (χ0n) is 9.59. The molecule has 1 aromatic heterocycles. The molecule has 0 spiro atoms. The summed E-state index contributed by atoms with van der Waals surface area (Å²) in [5.41, 5.74) is 5.42. The van der Waals surface area contributed by atoms with Crippen LogP contribution >= 0.6 is 0 Å². The molecular weight excluding hydrogens is 220 g/mol. The van der Waals surface area contributed by atoms with Crippen molar-refractivity contribution in [1.82, 2.24) is 4.98 Å². The van der Waals surface area contributed by atoms with Crippen molar-refractivity contribution < 1.29 is 14.3 Å². The first-order valence-electron chi connectivity index (χ1n) is 5.72. The number of pyridine rings is 1. The maximum Gasteiger partial charge on any atom is 0.271 e. The van der Waals surface area contributed by atoms with E-state index in [1.165, 1.54) is 6.20 Å². The maximum atomic E-state index is 11.1. The smallest absolute Gasteiger partial charge is 0.271 e. The van der Waals surface area contributed by atoms with Gasteiger partial charge in [0.1, 0.15) is 0 Å². The molecule has 1 amide bonds. The Morgan fingerprint density at radius 1 is 1.53 bits per heavy atom. The molecule has 5 heteroatoms. The van der Waals surface area contributed by atoms with Gasteiger partial charge in [0, 0.05) is 19.4 Å². The van der Waals surface area contributed by atoms with Crippen LogP contribution < -0.4 is 10.5 Å². The van der Waals surface area contributed by atoms with Crippen molar-refractivity contribution in [2.24, 2.45) is 11.7 Å². The van der Waals surface area contributed by atoms with E-state index >= 15 is 0 Å². The fourth-order valence-corrected chi connectivity index (χ4v) is 1.81. The zero-order chi connectivity index (χ0) is 12.1. The van der Waals surface area contributed by atoms with Gasteiger partial charge in [0.25, 0.3) is 5.91 Å². The second-order valence-corrected chi connectivity index (χ2v) is 4.08. The lowest BCUT2D eigenvalue weighted by molar-refractivity contribution is 0.0494. The van der Waals surface area contributed by atoms with Gasteiger partial charge in [-0.2, -0.15) is 0 Å². The van der Waals surface area contributed by atoms with Crippen molar-refractivity contribution in [3.63, 3.8) is 0 Å². The largest absolute Gasteiger partial charge is 0.491 e. The third kappa shape index (κ3) is 3.17. The van der Waals surface area contributed by atoms with Crippen LogP contribution in [0.5, 0.6) is 5.75 Å². The van der Waals surface area contributed by atoms with E-state index in [1.54, 1.807) is 12.1 Å². The molecule has 0 saturated carbocycles. The SMILES string of the molecule is NC(=O)c1ncccc1OCC1CCOCC1. The average Bonchev–Trinajstić information content (AvgIpc) is 2.38. The number of aromatic nitrogens is 1. The topological polar surface area (TPSA) is 74.4 Å². The molecule has 2 rings (SSSR count). The van der Waals surface area contributed by atoms with Gasteiger partial charge in [-0.05, 0) is 30.9 Å². The number of rotatable bonds is 4. The highest BCUT2D eigenvalue weighted by molar-refractivity contribution is 5.93. The number of carbonyl (C=O) groups excluding carboxylic acids is 1. The predicted molar refractivity (Wildman–Crippen MR) is 61.8 cm³/mol. The Morgan fingerprint density at radius 2 is 2.29 bits per heavy atom. The first-order valence-corrected chi connectivity index (χ1v) is 5.72. The van der Waals surface area contributed by atoms with E-state index in [-0.39, 0.29) is 5.69 Å². The molecule has 0 unspecified atom stereocenters. The number of nitrogens with zero attached hydrogens (tertiary/aromatic N) is 1. The predicted octanol–water partition coefficient (Wildman–Crippen LogP) is 0.986. The molecule has 2 heterocycles. The number of nitrogens with two attached hydrogens (primary N) is 1. The second-order valence-electron chi connectivity index (χ2n) is 4.08. The Hall–Kier alpha value is -1.62. The Bertz CT molecular complexity index is 389. The number of primary amides is 1. The van der Waals surface area contributed by atoms with Gasteiger partial charge in [0.2, 0.25) is 0 Å². The minimum absolute atomic E-state index is 0.194. The maximum absolute atomic E-state index is 11.1. The number of amides is 1. The van der Waals surface area contributed by atoms with Crippen LogP contribution in [0.15, 0.2) is 18.3 Å². The van der Waals surface area contributed by atoms with Gasteiger partial charge in [-0.15, -0.1) is 0 Å². The normalized spacial score (nSPS) is 16.7. The number of ether oxygens (including phenoxy) is 2. The van der Waals surface area contributed by atoms with Crippen molar-refractivity contribution >= 4 is 5.91 Å². The van der Waals surface area contributed by atoms with E-state index in [0.717, 1.165) is 26.1 Å². The molecule has 0 radical (unpaired) electrons. The summed E-state index contributed by atoms with van der Waals surface area (Å²) in [6, 6.07) is 3.44. The molecule has 0 bridgehead atoms. The highest BCUT2D eigenvalue weighted by atomic mass is 16.5. The van der Waals surface area contributed by atoms with Gasteiger partial charge in [0.15, 0.2) is 11.4 Å². The molecule has 1 fully saturated rings. The summed E-state index contributed by atoms with van der Waals surface area (Å²) in [5, 5.41) is 0. The molecule has 1 aromatic rings. The molecule has 0 aliphatic carbocycles. The summed E-state index contributed by atoms with van der Waals surface area (Å²) in [5.74, 6) is 0.378. The van der Waals surface area contributed by atoms with Crippen LogP contribution in [0.25, 0.3) is 0 Å².